The van der Waals surface area contributed by atoms with E-state index in [1.807, 2.05) is 0 Å². The van der Waals surface area contributed by atoms with Gasteiger partial charge in [-0.1, -0.05) is 27.7 Å². The number of hydrogen-bond donors (Lipinski definition) is 1. The van der Waals surface area contributed by atoms with Crippen molar-refractivity contribution in [3.63, 3.8) is 0 Å². The van der Waals surface area contributed by atoms with Crippen LogP contribution < -0.4 is 0 Å². The van der Waals surface area contributed by atoms with E-state index in [4.69, 9.17) is 5.11 Å². The Kier molecular flexibility index (Phi) is 4.99. The third-order valence-electron chi connectivity index (χ3n) is 3.73. The van der Waals surface area contributed by atoms with Gasteiger partial charge in [0.15, 0.2) is 0 Å². The van der Waals surface area contributed by atoms with E-state index in [0.717, 1.165) is 25.8 Å². The SMILES string of the molecule is CCCN(CC(=O)O)C1CC(C)CC(C)(C)C1. The quantitative estimate of drug-likeness (QED) is 0.804. The molecule has 0 aromatic heterocycles. The summed E-state index contributed by atoms with van der Waals surface area (Å²) >= 11 is 0. The molecular formula is C14H27NO2. The van der Waals surface area contributed by atoms with Crippen LogP contribution in [0.1, 0.15) is 53.4 Å². The van der Waals surface area contributed by atoms with Crippen LogP contribution in [0.2, 0.25) is 0 Å². The molecule has 0 bridgehead atoms. The van der Waals surface area contributed by atoms with E-state index in [2.05, 4.69) is 32.6 Å². The molecule has 1 aliphatic carbocycles. The highest BCUT2D eigenvalue weighted by Crippen LogP contribution is 2.40. The molecule has 100 valence electrons. The zero-order valence-electron chi connectivity index (χ0n) is 11.7. The fraction of sp³-hybridized carbons (Fsp3) is 0.929. The van der Waals surface area contributed by atoms with E-state index in [1.54, 1.807) is 0 Å². The Bertz CT molecular complexity index is 263. The summed E-state index contributed by atoms with van der Waals surface area (Å²) < 4.78 is 0. The average molecular weight is 241 g/mol. The lowest BCUT2D eigenvalue weighted by Gasteiger charge is -2.43. The van der Waals surface area contributed by atoms with Gasteiger partial charge >= 0.3 is 5.97 Å². The molecule has 1 aliphatic rings. The Balaban J connectivity index is 2.68. The third-order valence-corrected chi connectivity index (χ3v) is 3.73. The summed E-state index contributed by atoms with van der Waals surface area (Å²) in [5.41, 5.74) is 0.354. The fourth-order valence-electron chi connectivity index (χ4n) is 3.43. The molecule has 1 N–H and O–H groups in total. The van der Waals surface area contributed by atoms with Crippen LogP contribution in [-0.4, -0.2) is 35.1 Å². The number of carbonyl (C=O) groups is 1. The van der Waals surface area contributed by atoms with Crippen LogP contribution in [0, 0.1) is 11.3 Å². The molecule has 0 radical (unpaired) electrons. The van der Waals surface area contributed by atoms with Crippen molar-refractivity contribution in [3.8, 4) is 0 Å². The summed E-state index contributed by atoms with van der Waals surface area (Å²) in [7, 11) is 0. The Morgan fingerprint density at radius 1 is 1.41 bits per heavy atom. The highest BCUT2D eigenvalue weighted by Gasteiger charge is 2.35. The van der Waals surface area contributed by atoms with Crippen molar-refractivity contribution in [1.82, 2.24) is 4.90 Å². The van der Waals surface area contributed by atoms with Gasteiger partial charge < -0.3 is 5.11 Å². The largest absolute Gasteiger partial charge is 0.480 e. The molecule has 0 aromatic carbocycles. The monoisotopic (exact) mass is 241 g/mol. The molecule has 3 heteroatoms. The van der Waals surface area contributed by atoms with E-state index in [-0.39, 0.29) is 6.54 Å². The first-order valence-electron chi connectivity index (χ1n) is 6.80. The van der Waals surface area contributed by atoms with E-state index >= 15 is 0 Å². The molecule has 1 rings (SSSR count). The molecule has 2 atom stereocenters. The minimum atomic E-state index is -0.700. The van der Waals surface area contributed by atoms with Crippen LogP contribution >= 0.6 is 0 Å². The van der Waals surface area contributed by atoms with E-state index in [9.17, 15) is 4.79 Å². The lowest BCUT2D eigenvalue weighted by atomic mass is 9.70. The van der Waals surface area contributed by atoms with E-state index in [0.29, 0.717) is 17.4 Å². The Labute approximate surface area is 105 Å². The second kappa shape index (κ2) is 5.85. The summed E-state index contributed by atoms with van der Waals surface area (Å²) in [5, 5.41) is 9.00. The maximum atomic E-state index is 10.9. The summed E-state index contributed by atoms with van der Waals surface area (Å²) in [6.45, 7) is 10.1. The summed E-state index contributed by atoms with van der Waals surface area (Å²) in [6, 6.07) is 0.449. The van der Waals surface area contributed by atoms with Crippen molar-refractivity contribution >= 4 is 5.97 Å². The zero-order valence-corrected chi connectivity index (χ0v) is 11.7. The number of carboxylic acid groups (broad SMARTS) is 1. The van der Waals surface area contributed by atoms with Crippen molar-refractivity contribution in [2.45, 2.75) is 59.4 Å². The maximum Gasteiger partial charge on any atom is 0.317 e. The van der Waals surface area contributed by atoms with Crippen molar-refractivity contribution in [2.75, 3.05) is 13.1 Å². The van der Waals surface area contributed by atoms with Gasteiger partial charge in [0.2, 0.25) is 0 Å². The summed E-state index contributed by atoms with van der Waals surface area (Å²) in [5.74, 6) is 0.00591. The van der Waals surface area contributed by atoms with Gasteiger partial charge in [-0.25, -0.2) is 0 Å². The molecule has 0 spiro atoms. The van der Waals surface area contributed by atoms with Crippen molar-refractivity contribution in [1.29, 1.82) is 0 Å². The lowest BCUT2D eigenvalue weighted by Crippen LogP contribution is -2.45. The minimum absolute atomic E-state index is 0.196. The van der Waals surface area contributed by atoms with Gasteiger partial charge in [0.1, 0.15) is 0 Å². The smallest absolute Gasteiger partial charge is 0.317 e. The fourth-order valence-corrected chi connectivity index (χ4v) is 3.43. The number of nitrogens with zero attached hydrogens (tertiary/aromatic N) is 1. The van der Waals surface area contributed by atoms with Gasteiger partial charge in [0, 0.05) is 6.04 Å². The van der Waals surface area contributed by atoms with Gasteiger partial charge in [0.25, 0.3) is 0 Å². The maximum absolute atomic E-state index is 10.9. The van der Waals surface area contributed by atoms with Crippen molar-refractivity contribution < 1.29 is 9.90 Å². The molecule has 3 nitrogen and oxygen atoms in total. The zero-order chi connectivity index (χ0) is 13.1. The molecule has 2 unspecified atom stereocenters. The van der Waals surface area contributed by atoms with Crippen LogP contribution in [0.3, 0.4) is 0 Å². The van der Waals surface area contributed by atoms with Crippen LogP contribution in [0.15, 0.2) is 0 Å². The molecule has 0 aromatic rings. The standard InChI is InChI=1S/C14H27NO2/c1-5-6-15(10-13(16)17)12-7-11(2)8-14(3,4)9-12/h11-12H,5-10H2,1-4H3,(H,16,17). The Morgan fingerprint density at radius 2 is 2.06 bits per heavy atom. The van der Waals surface area contributed by atoms with Gasteiger partial charge in [-0.15, -0.1) is 0 Å². The molecule has 0 saturated heterocycles. The van der Waals surface area contributed by atoms with Gasteiger partial charge in [0.05, 0.1) is 6.54 Å². The topological polar surface area (TPSA) is 40.5 Å². The van der Waals surface area contributed by atoms with Crippen molar-refractivity contribution in [2.24, 2.45) is 11.3 Å². The van der Waals surface area contributed by atoms with Crippen molar-refractivity contribution in [3.05, 3.63) is 0 Å². The molecule has 0 aliphatic heterocycles. The van der Waals surface area contributed by atoms with Crippen LogP contribution in [0.5, 0.6) is 0 Å². The molecule has 1 saturated carbocycles. The van der Waals surface area contributed by atoms with Gasteiger partial charge in [-0.05, 0) is 43.6 Å². The van der Waals surface area contributed by atoms with Crippen LogP contribution in [0.4, 0.5) is 0 Å². The Morgan fingerprint density at radius 3 is 2.53 bits per heavy atom. The first-order valence-corrected chi connectivity index (χ1v) is 6.80. The molecular weight excluding hydrogens is 214 g/mol. The first kappa shape index (κ1) is 14.5. The second-order valence-corrected chi connectivity index (χ2v) is 6.43. The minimum Gasteiger partial charge on any atom is -0.480 e. The number of rotatable bonds is 5. The molecule has 17 heavy (non-hydrogen) atoms. The molecule has 0 amide bonds. The van der Waals surface area contributed by atoms with Gasteiger partial charge in [-0.3, -0.25) is 9.69 Å². The highest BCUT2D eigenvalue weighted by atomic mass is 16.4. The number of carboxylic acids is 1. The normalized spacial score (nSPS) is 28.3. The summed E-state index contributed by atoms with van der Waals surface area (Å²) in [6.07, 6.45) is 4.57. The highest BCUT2D eigenvalue weighted by molar-refractivity contribution is 5.69. The number of aliphatic carboxylic acids is 1. The predicted molar refractivity (Wildman–Crippen MR) is 70.1 cm³/mol. The predicted octanol–water partition coefficient (Wildman–Crippen LogP) is 3.00. The Hall–Kier alpha value is -0.570. The molecule has 0 heterocycles. The van der Waals surface area contributed by atoms with Gasteiger partial charge in [-0.2, -0.15) is 0 Å². The third kappa shape index (κ3) is 4.66. The number of hydrogen-bond acceptors (Lipinski definition) is 2. The summed E-state index contributed by atoms with van der Waals surface area (Å²) in [4.78, 5) is 13.1. The van der Waals surface area contributed by atoms with Crippen LogP contribution in [-0.2, 0) is 4.79 Å². The van der Waals surface area contributed by atoms with Crippen LogP contribution in [0.25, 0.3) is 0 Å². The lowest BCUT2D eigenvalue weighted by molar-refractivity contribution is -0.139. The van der Waals surface area contributed by atoms with E-state index in [1.165, 1.54) is 6.42 Å². The average Bonchev–Trinajstić information content (AvgIpc) is 2.13. The van der Waals surface area contributed by atoms with E-state index < -0.39 is 5.97 Å². The second-order valence-electron chi connectivity index (χ2n) is 6.43. The molecule has 1 fully saturated rings. The first-order chi connectivity index (χ1) is 7.84.